The number of nitrogens with zero attached hydrogens (tertiary/aromatic N) is 6. The number of hydrogen-bond donors (Lipinski definition) is 2. The van der Waals surface area contributed by atoms with E-state index in [1.807, 2.05) is 158 Å². The minimum absolute atomic E-state index is 0.300. The number of rotatable bonds is 24. The molecule has 84 heavy (non-hydrogen) atoms. The molecule has 434 valence electrons. The fraction of sp³-hybridized carbons (Fsp3) is 0.294. The van der Waals surface area contributed by atoms with Gasteiger partial charge in [-0.15, -0.1) is 0 Å². The SMILES string of the molecule is CN(C)CCCOC(=O)c1ccc(-c2c3nc(c(-c4ccc(C(=O)OCCCN(C)C)cc4)c4ccc([nH]4)c(-c4ccc(C(=O)OCCCN(C)C)cc4)c4ccc([nH]4)c(-c4ccc(C(=O)OCCCN(C)C)cc4)c4nc2C=C4)C=C3)cc1. The van der Waals surface area contributed by atoms with E-state index in [1.165, 1.54) is 0 Å². The number of aromatic nitrogens is 4. The largest absolute Gasteiger partial charge is 0.462 e. The molecule has 8 bridgehead atoms. The van der Waals surface area contributed by atoms with Crippen LogP contribution in [0.5, 0.6) is 0 Å². The van der Waals surface area contributed by atoms with Gasteiger partial charge in [0.05, 0.1) is 71.5 Å². The zero-order valence-corrected chi connectivity index (χ0v) is 49.3. The molecule has 0 saturated carbocycles. The van der Waals surface area contributed by atoms with Crippen molar-refractivity contribution < 1.29 is 38.1 Å². The van der Waals surface area contributed by atoms with Crippen LogP contribution < -0.4 is 0 Å². The number of carbonyl (C=O) groups is 4. The van der Waals surface area contributed by atoms with E-state index in [9.17, 15) is 19.2 Å². The van der Waals surface area contributed by atoms with Crippen molar-refractivity contribution in [3.63, 3.8) is 0 Å². The Kier molecular flexibility index (Phi) is 19.9. The molecule has 0 spiro atoms. The van der Waals surface area contributed by atoms with Gasteiger partial charge in [-0.05, 0) is 201 Å². The Labute approximate surface area is 491 Å². The quantitative estimate of drug-likeness (QED) is 0.0332. The zero-order valence-electron chi connectivity index (χ0n) is 49.3. The van der Waals surface area contributed by atoms with Gasteiger partial charge in [0.2, 0.25) is 0 Å². The van der Waals surface area contributed by atoms with E-state index in [-0.39, 0.29) is 0 Å². The van der Waals surface area contributed by atoms with Crippen LogP contribution in [0.1, 0.15) is 89.9 Å². The predicted octanol–water partition coefficient (Wildman–Crippen LogP) is 11.8. The lowest BCUT2D eigenvalue weighted by Gasteiger charge is -2.10. The molecular formula is C68H74N8O8. The highest BCUT2D eigenvalue weighted by Gasteiger charge is 2.22. The molecule has 0 amide bonds. The minimum Gasteiger partial charge on any atom is -0.462 e. The summed E-state index contributed by atoms with van der Waals surface area (Å²) in [5, 5.41) is 0. The highest BCUT2D eigenvalue weighted by molar-refractivity contribution is 6.02. The summed E-state index contributed by atoms with van der Waals surface area (Å²) in [6, 6.07) is 37.6. The molecule has 0 fully saturated rings. The van der Waals surface area contributed by atoms with Crippen LogP contribution in [-0.4, -0.2) is 172 Å². The van der Waals surface area contributed by atoms with Crippen LogP contribution in [0.4, 0.5) is 0 Å². The molecule has 5 heterocycles. The molecule has 0 unspecified atom stereocenters. The topological polar surface area (TPSA) is 176 Å². The lowest BCUT2D eigenvalue weighted by molar-refractivity contribution is 0.0484. The molecule has 0 atom stereocenters. The fourth-order valence-corrected chi connectivity index (χ4v) is 10.0. The average Bonchev–Trinajstić information content (AvgIpc) is 4.54. The number of benzene rings is 4. The third-order valence-corrected chi connectivity index (χ3v) is 14.3. The smallest absolute Gasteiger partial charge is 0.338 e. The van der Waals surface area contributed by atoms with Crippen LogP contribution in [0.25, 0.3) is 90.9 Å². The molecule has 0 aliphatic carbocycles. The van der Waals surface area contributed by atoms with Crippen LogP contribution in [-0.2, 0) is 18.9 Å². The van der Waals surface area contributed by atoms with Crippen molar-refractivity contribution in [3.05, 3.63) is 166 Å². The van der Waals surface area contributed by atoms with Crippen molar-refractivity contribution >= 4 is 70.2 Å². The Morgan fingerprint density at radius 1 is 0.321 bits per heavy atom. The van der Waals surface area contributed by atoms with Gasteiger partial charge in [-0.25, -0.2) is 29.1 Å². The van der Waals surface area contributed by atoms with Gasteiger partial charge in [-0.3, -0.25) is 0 Å². The van der Waals surface area contributed by atoms with Crippen molar-refractivity contribution in [2.45, 2.75) is 25.7 Å². The van der Waals surface area contributed by atoms with Crippen LogP contribution in [0.15, 0.2) is 121 Å². The second kappa shape index (κ2) is 28.0. The number of carbonyl (C=O) groups excluding carboxylic acids is 4. The maximum atomic E-state index is 13.3. The molecule has 9 rings (SSSR count). The maximum Gasteiger partial charge on any atom is 0.338 e. The minimum atomic E-state index is -0.407. The number of aromatic amines is 2. The summed E-state index contributed by atoms with van der Waals surface area (Å²) in [6.45, 7) is 4.40. The Morgan fingerprint density at radius 2 is 0.548 bits per heavy atom. The first-order valence-corrected chi connectivity index (χ1v) is 28.5. The lowest BCUT2D eigenvalue weighted by atomic mass is 10.0. The third kappa shape index (κ3) is 15.1. The summed E-state index contributed by atoms with van der Waals surface area (Å²) in [4.78, 5) is 79.8. The molecule has 16 nitrogen and oxygen atoms in total. The maximum absolute atomic E-state index is 13.3. The van der Waals surface area contributed by atoms with Crippen molar-refractivity contribution in [2.75, 3.05) is 109 Å². The molecule has 0 saturated heterocycles. The summed E-state index contributed by atoms with van der Waals surface area (Å²) in [6.07, 6.45) is 10.8. The summed E-state index contributed by atoms with van der Waals surface area (Å²) < 4.78 is 22.6. The lowest BCUT2D eigenvalue weighted by Crippen LogP contribution is -2.16. The molecular weight excluding hydrogens is 1060 g/mol. The number of nitrogens with one attached hydrogen (secondary N) is 2. The number of esters is 4. The fourth-order valence-electron chi connectivity index (χ4n) is 10.0. The monoisotopic (exact) mass is 1130 g/mol. The van der Waals surface area contributed by atoms with Gasteiger partial charge >= 0.3 is 23.9 Å². The van der Waals surface area contributed by atoms with Crippen LogP contribution >= 0.6 is 0 Å². The molecule has 4 aromatic carbocycles. The Bertz CT molecular complexity index is 3540. The van der Waals surface area contributed by atoms with Gasteiger partial charge in [0, 0.05) is 70.5 Å². The van der Waals surface area contributed by atoms with Crippen molar-refractivity contribution in [1.29, 1.82) is 0 Å². The third-order valence-electron chi connectivity index (χ3n) is 14.3. The Balaban J connectivity index is 1.24. The van der Waals surface area contributed by atoms with E-state index in [0.29, 0.717) is 97.1 Å². The van der Waals surface area contributed by atoms with Gasteiger partial charge < -0.3 is 48.5 Å². The van der Waals surface area contributed by atoms with Crippen LogP contribution in [0, 0.1) is 0 Å². The normalized spacial score (nSPS) is 12.0. The average molecular weight is 1130 g/mol. The van der Waals surface area contributed by atoms with Crippen molar-refractivity contribution in [2.24, 2.45) is 0 Å². The highest BCUT2D eigenvalue weighted by Crippen LogP contribution is 2.39. The summed E-state index contributed by atoms with van der Waals surface area (Å²) in [5.41, 5.74) is 13.5. The van der Waals surface area contributed by atoms with E-state index in [0.717, 1.165) is 92.8 Å². The van der Waals surface area contributed by atoms with Gasteiger partial charge in [0.25, 0.3) is 0 Å². The number of hydrogen-bond acceptors (Lipinski definition) is 14. The van der Waals surface area contributed by atoms with E-state index in [1.54, 1.807) is 48.5 Å². The number of H-pyrrole nitrogens is 2. The zero-order chi connectivity index (χ0) is 59.3. The van der Waals surface area contributed by atoms with Gasteiger partial charge in [0.15, 0.2) is 0 Å². The van der Waals surface area contributed by atoms with Crippen molar-refractivity contribution in [3.8, 4) is 44.5 Å². The number of ether oxygens (including phenoxy) is 4. The van der Waals surface area contributed by atoms with Gasteiger partial charge in [-0.2, -0.15) is 0 Å². The predicted molar refractivity (Wildman–Crippen MR) is 334 cm³/mol. The number of fused-ring (bicyclic) bond motifs is 8. The second-order valence-corrected chi connectivity index (χ2v) is 22.0. The Hall–Kier alpha value is -8.80. The Morgan fingerprint density at radius 3 is 0.810 bits per heavy atom. The first-order chi connectivity index (χ1) is 40.6. The molecule has 3 aromatic heterocycles. The summed E-state index contributed by atoms with van der Waals surface area (Å²) >= 11 is 0. The van der Waals surface area contributed by atoms with Crippen LogP contribution in [0.2, 0.25) is 0 Å². The van der Waals surface area contributed by atoms with Crippen LogP contribution in [0.3, 0.4) is 0 Å². The summed E-state index contributed by atoms with van der Waals surface area (Å²) in [5.74, 6) is -1.61. The van der Waals surface area contributed by atoms with E-state index >= 15 is 0 Å². The molecule has 16 heteroatoms. The van der Waals surface area contributed by atoms with Crippen molar-refractivity contribution in [1.82, 2.24) is 39.5 Å². The van der Waals surface area contributed by atoms with E-state index < -0.39 is 23.9 Å². The highest BCUT2D eigenvalue weighted by atomic mass is 16.5. The second-order valence-electron chi connectivity index (χ2n) is 22.0. The van der Waals surface area contributed by atoms with E-state index in [2.05, 4.69) is 24.7 Å². The first-order valence-electron chi connectivity index (χ1n) is 28.5. The van der Waals surface area contributed by atoms with E-state index in [4.69, 9.17) is 28.9 Å². The molecule has 2 aliphatic rings. The molecule has 2 aliphatic heterocycles. The van der Waals surface area contributed by atoms with Gasteiger partial charge in [0.1, 0.15) is 0 Å². The first kappa shape index (κ1) is 59.8. The standard InChI is InChI=1S/C68H74N8O8/c1-73(2)37-9-41-81-65(77)49-21-13-45(14-22-49)61-53-29-31-55(69-53)62(46-15-23-50(24-16-46)66(78)82-42-10-38-74(3)4)57-33-35-59(71-57)64(48-19-27-52(28-20-48)68(80)84-44-12-40-76(7)8)60-36-34-58(72-60)63(56-32-30-54(61)70-56)47-17-25-51(26-18-47)67(79)83-43-11-39-75(5)6/h13-36,69-70H,9-12,37-44H2,1-8H3. The molecule has 2 N–H and O–H groups in total. The van der Waals surface area contributed by atoms with Gasteiger partial charge in [-0.1, -0.05) is 48.5 Å². The molecule has 7 aromatic rings. The summed E-state index contributed by atoms with van der Waals surface area (Å²) in [7, 11) is 15.9. The molecule has 0 radical (unpaired) electrons.